The van der Waals surface area contributed by atoms with Crippen molar-refractivity contribution in [3.63, 3.8) is 0 Å². The maximum Gasteiger partial charge on any atom is 0.259 e. The average molecular weight is 436 g/mol. The summed E-state index contributed by atoms with van der Waals surface area (Å²) in [6.45, 7) is 3.93. The Kier molecular flexibility index (Phi) is 6.70. The Morgan fingerprint density at radius 2 is 2.13 bits per heavy atom. The molecule has 1 fully saturated rings. The largest absolute Gasteiger partial charge is 0.472 e. The third-order valence-corrected chi connectivity index (χ3v) is 6.80. The minimum Gasteiger partial charge on any atom is -0.472 e. The predicted molar refractivity (Wildman–Crippen MR) is 112 cm³/mol. The van der Waals surface area contributed by atoms with Gasteiger partial charge in [0.2, 0.25) is 15.9 Å². The third-order valence-electron chi connectivity index (χ3n) is 5.52. The van der Waals surface area contributed by atoms with E-state index < -0.39 is 22.2 Å². The first kappa shape index (κ1) is 22.5. The molecule has 164 valence electrons. The van der Waals surface area contributed by atoms with Gasteiger partial charge in [0.1, 0.15) is 11.7 Å². The van der Waals surface area contributed by atoms with Crippen LogP contribution in [-0.2, 0) is 10.0 Å². The van der Waals surface area contributed by atoms with Crippen LogP contribution >= 0.6 is 0 Å². The van der Waals surface area contributed by atoms with Crippen LogP contribution in [0.2, 0.25) is 0 Å². The second kappa shape index (κ2) is 8.92. The Morgan fingerprint density at radius 3 is 2.73 bits per heavy atom. The highest BCUT2D eigenvalue weighted by molar-refractivity contribution is 7.88. The highest BCUT2D eigenvalue weighted by atomic mass is 32.2. The minimum atomic E-state index is -3.39. The molecule has 1 amide bonds. The predicted octanol–water partition coefficient (Wildman–Crippen LogP) is 0.955. The number of aliphatic hydroxyl groups is 1. The molecule has 1 aromatic heterocycles. The molecule has 1 aromatic rings. The number of carbonyl (C=O) groups excluding carboxylic acids is 1. The standard InChI is InChI=1S/C21H29N3O5S/c1-14-11-24(15(2)13-25)21(26)18-9-17(8-7-16-5-6-16)10-22-20(18)29-19(14)12-23(3)30(4,27)28/h9-10,14-16,19,25H,5-6,11-13H2,1-4H3/t14-,15-,19-/m0/s1. The monoisotopic (exact) mass is 435 g/mol. The van der Waals surface area contributed by atoms with Crippen molar-refractivity contribution in [2.75, 3.05) is 33.0 Å². The highest BCUT2D eigenvalue weighted by Crippen LogP contribution is 2.29. The van der Waals surface area contributed by atoms with Crippen LogP contribution in [0.15, 0.2) is 12.3 Å². The number of hydrogen-bond donors (Lipinski definition) is 1. The molecule has 2 aliphatic rings. The lowest BCUT2D eigenvalue weighted by molar-refractivity contribution is 0.0373. The van der Waals surface area contributed by atoms with Gasteiger partial charge in [0, 0.05) is 37.2 Å². The molecular weight excluding hydrogens is 406 g/mol. The van der Waals surface area contributed by atoms with Crippen LogP contribution in [-0.4, -0.2) is 78.8 Å². The van der Waals surface area contributed by atoms with Crippen LogP contribution in [0.3, 0.4) is 0 Å². The third kappa shape index (κ3) is 5.31. The van der Waals surface area contributed by atoms with Gasteiger partial charge < -0.3 is 14.7 Å². The van der Waals surface area contributed by atoms with Gasteiger partial charge in [-0.05, 0) is 25.8 Å². The zero-order valence-electron chi connectivity index (χ0n) is 17.8. The molecular formula is C21H29N3O5S. The molecule has 3 rings (SSSR count). The Labute approximate surface area is 178 Å². The van der Waals surface area contributed by atoms with Gasteiger partial charge in [-0.3, -0.25) is 4.79 Å². The number of nitrogens with zero attached hydrogens (tertiary/aromatic N) is 3. The molecule has 0 spiro atoms. The number of pyridine rings is 1. The first-order chi connectivity index (χ1) is 14.1. The molecule has 0 bridgehead atoms. The van der Waals surface area contributed by atoms with Gasteiger partial charge in [-0.25, -0.2) is 17.7 Å². The highest BCUT2D eigenvalue weighted by Gasteiger charge is 2.35. The van der Waals surface area contributed by atoms with Gasteiger partial charge in [0.25, 0.3) is 5.91 Å². The number of aromatic nitrogens is 1. The van der Waals surface area contributed by atoms with E-state index in [1.165, 1.54) is 11.4 Å². The second-order valence-electron chi connectivity index (χ2n) is 8.29. The molecule has 30 heavy (non-hydrogen) atoms. The number of carbonyl (C=O) groups is 1. The summed E-state index contributed by atoms with van der Waals surface area (Å²) >= 11 is 0. The molecule has 0 saturated heterocycles. The quantitative estimate of drug-likeness (QED) is 0.692. The number of ether oxygens (including phenoxy) is 1. The van der Waals surface area contributed by atoms with Crippen molar-refractivity contribution >= 4 is 15.9 Å². The fourth-order valence-electron chi connectivity index (χ4n) is 3.19. The van der Waals surface area contributed by atoms with E-state index in [4.69, 9.17) is 4.74 Å². The van der Waals surface area contributed by atoms with Crippen LogP contribution in [0.1, 0.15) is 42.6 Å². The Hall–Kier alpha value is -2.15. The topological polar surface area (TPSA) is 100 Å². The van der Waals surface area contributed by atoms with Crippen molar-refractivity contribution in [3.05, 3.63) is 23.4 Å². The Balaban J connectivity index is 1.99. The fraction of sp³-hybridized carbons (Fsp3) is 0.619. The molecule has 1 aliphatic heterocycles. The minimum absolute atomic E-state index is 0.125. The van der Waals surface area contributed by atoms with Crippen molar-refractivity contribution < 1.29 is 23.1 Å². The SMILES string of the molecule is C[C@H]1CN([C@@H](C)CO)C(=O)c2cc(C#CC3CC3)cnc2O[C@H]1CN(C)S(C)(=O)=O. The second-order valence-corrected chi connectivity index (χ2v) is 10.4. The summed E-state index contributed by atoms with van der Waals surface area (Å²) in [6.07, 6.45) is 4.40. The van der Waals surface area contributed by atoms with Gasteiger partial charge in [-0.1, -0.05) is 18.8 Å². The Morgan fingerprint density at radius 1 is 1.43 bits per heavy atom. The maximum atomic E-state index is 13.3. The molecule has 8 nitrogen and oxygen atoms in total. The van der Waals surface area contributed by atoms with Crippen molar-refractivity contribution in [3.8, 4) is 17.7 Å². The molecule has 0 unspecified atom stereocenters. The fourth-order valence-corrected chi connectivity index (χ4v) is 3.61. The van der Waals surface area contributed by atoms with Crippen molar-refractivity contribution in [1.29, 1.82) is 0 Å². The normalized spacial score (nSPS) is 23.0. The molecule has 0 aromatic carbocycles. The number of sulfonamides is 1. The van der Waals surface area contributed by atoms with Crippen LogP contribution in [0.5, 0.6) is 5.88 Å². The van der Waals surface area contributed by atoms with E-state index in [9.17, 15) is 18.3 Å². The number of fused-ring (bicyclic) bond motifs is 1. The lowest BCUT2D eigenvalue weighted by Gasteiger charge is -2.37. The maximum absolute atomic E-state index is 13.3. The summed E-state index contributed by atoms with van der Waals surface area (Å²) in [5, 5.41) is 9.68. The van der Waals surface area contributed by atoms with Crippen LogP contribution in [0, 0.1) is 23.7 Å². The van der Waals surface area contributed by atoms with Crippen molar-refractivity contribution in [1.82, 2.24) is 14.2 Å². The molecule has 9 heteroatoms. The average Bonchev–Trinajstić information content (AvgIpc) is 3.52. The number of rotatable bonds is 5. The lowest BCUT2D eigenvalue weighted by atomic mass is 10.0. The van der Waals surface area contributed by atoms with Gasteiger partial charge in [0.05, 0.1) is 25.4 Å². The van der Waals surface area contributed by atoms with Gasteiger partial charge in [0.15, 0.2) is 0 Å². The first-order valence-electron chi connectivity index (χ1n) is 10.1. The van der Waals surface area contributed by atoms with Gasteiger partial charge in [-0.2, -0.15) is 0 Å². The van der Waals surface area contributed by atoms with E-state index in [1.807, 2.05) is 6.92 Å². The van der Waals surface area contributed by atoms with E-state index in [1.54, 1.807) is 24.1 Å². The van der Waals surface area contributed by atoms with Gasteiger partial charge in [-0.15, -0.1) is 0 Å². The van der Waals surface area contributed by atoms with E-state index in [0.717, 1.165) is 19.1 Å². The van der Waals surface area contributed by atoms with Crippen molar-refractivity contribution in [2.45, 2.75) is 38.8 Å². The number of amides is 1. The summed E-state index contributed by atoms with van der Waals surface area (Å²) in [6, 6.07) is 1.27. The summed E-state index contributed by atoms with van der Waals surface area (Å²) < 4.78 is 31.1. The summed E-state index contributed by atoms with van der Waals surface area (Å²) in [4.78, 5) is 19.2. The van der Waals surface area contributed by atoms with Crippen LogP contribution in [0.4, 0.5) is 0 Å². The summed E-state index contributed by atoms with van der Waals surface area (Å²) in [5.41, 5.74) is 0.907. The molecule has 3 atom stereocenters. The van der Waals surface area contributed by atoms with E-state index >= 15 is 0 Å². The van der Waals surface area contributed by atoms with Crippen LogP contribution < -0.4 is 4.74 Å². The summed E-state index contributed by atoms with van der Waals surface area (Å²) in [5.74, 6) is 6.34. The van der Waals surface area contributed by atoms with Crippen molar-refractivity contribution in [2.24, 2.45) is 11.8 Å². The molecule has 0 radical (unpaired) electrons. The first-order valence-corrected chi connectivity index (χ1v) is 12.0. The van der Waals surface area contributed by atoms with E-state index in [0.29, 0.717) is 18.0 Å². The lowest BCUT2D eigenvalue weighted by Crippen LogP contribution is -2.50. The zero-order chi connectivity index (χ0) is 22.1. The summed E-state index contributed by atoms with van der Waals surface area (Å²) in [7, 11) is -1.90. The number of likely N-dealkylation sites (N-methyl/N-ethyl adjacent to an activating group) is 1. The molecule has 1 N–H and O–H groups in total. The molecule has 2 heterocycles. The van der Waals surface area contributed by atoms with Gasteiger partial charge >= 0.3 is 0 Å². The van der Waals surface area contributed by atoms with E-state index in [2.05, 4.69) is 16.8 Å². The number of aliphatic hydroxyl groups excluding tert-OH is 1. The zero-order valence-corrected chi connectivity index (χ0v) is 18.6. The van der Waals surface area contributed by atoms with E-state index in [-0.39, 0.29) is 36.4 Å². The Bertz CT molecular complexity index is 965. The number of hydrogen-bond acceptors (Lipinski definition) is 6. The van der Waals surface area contributed by atoms with Crippen LogP contribution in [0.25, 0.3) is 0 Å². The molecule has 1 aliphatic carbocycles. The molecule has 1 saturated carbocycles. The smallest absolute Gasteiger partial charge is 0.259 e.